The zero-order valence-corrected chi connectivity index (χ0v) is 15.8. The van der Waals surface area contributed by atoms with Crippen LogP contribution in [0.2, 0.25) is 0 Å². The summed E-state index contributed by atoms with van der Waals surface area (Å²) in [5.74, 6) is 2.19. The summed E-state index contributed by atoms with van der Waals surface area (Å²) in [5, 5.41) is 0. The van der Waals surface area contributed by atoms with Crippen molar-refractivity contribution < 1.29 is 4.74 Å². The van der Waals surface area contributed by atoms with Gasteiger partial charge >= 0.3 is 0 Å². The molecule has 1 heteroatoms. The van der Waals surface area contributed by atoms with Gasteiger partial charge in [0.1, 0.15) is 0 Å². The molecule has 4 unspecified atom stereocenters. The third-order valence-corrected chi connectivity index (χ3v) is 6.36. The molecule has 21 heavy (non-hydrogen) atoms. The fraction of sp³-hybridized carbons (Fsp3) is 1.00. The molecule has 0 aromatic carbocycles. The van der Waals surface area contributed by atoms with Crippen LogP contribution in [0.25, 0.3) is 0 Å². The summed E-state index contributed by atoms with van der Waals surface area (Å²) in [4.78, 5) is 0. The molecule has 1 nitrogen and oxygen atoms in total. The SMILES string of the molecule is CCCC(C)(COC1(C(C)C)CCCC(C)C1)C(C)CC. The standard InChI is InChI=1S/C20H40O/c1-8-12-19(7,18(6)9-2)15-21-20(16(3)4)13-10-11-17(5)14-20/h16-18H,8-15H2,1-7H3. The van der Waals surface area contributed by atoms with Gasteiger partial charge in [0.2, 0.25) is 0 Å². The molecule has 0 radical (unpaired) electrons. The molecule has 1 aliphatic carbocycles. The fourth-order valence-corrected chi connectivity index (χ4v) is 4.20. The maximum absolute atomic E-state index is 6.74. The molecule has 0 spiro atoms. The van der Waals surface area contributed by atoms with Crippen LogP contribution in [0.1, 0.15) is 93.4 Å². The highest BCUT2D eigenvalue weighted by molar-refractivity contribution is 4.91. The van der Waals surface area contributed by atoms with Crippen LogP contribution in [-0.2, 0) is 4.74 Å². The summed E-state index contributed by atoms with van der Waals surface area (Å²) in [5.41, 5.74) is 0.478. The summed E-state index contributed by atoms with van der Waals surface area (Å²) in [6.45, 7) is 17.5. The lowest BCUT2D eigenvalue weighted by Gasteiger charge is -2.46. The average Bonchev–Trinajstić information content (AvgIpc) is 2.44. The van der Waals surface area contributed by atoms with Gasteiger partial charge in [-0.05, 0) is 42.4 Å². The molecule has 0 aliphatic heterocycles. The minimum Gasteiger partial charge on any atom is -0.374 e. The molecular formula is C20H40O. The quantitative estimate of drug-likeness (QED) is 0.499. The molecule has 1 fully saturated rings. The fourth-order valence-electron chi connectivity index (χ4n) is 4.20. The van der Waals surface area contributed by atoms with Crippen molar-refractivity contribution in [3.8, 4) is 0 Å². The average molecular weight is 297 g/mol. The summed E-state index contributed by atoms with van der Waals surface area (Å²) in [6.07, 6.45) is 9.04. The van der Waals surface area contributed by atoms with Crippen LogP contribution in [0.5, 0.6) is 0 Å². The second-order valence-corrected chi connectivity index (χ2v) is 8.42. The zero-order chi connectivity index (χ0) is 16.1. The highest BCUT2D eigenvalue weighted by Gasteiger charge is 2.41. The lowest BCUT2D eigenvalue weighted by Crippen LogP contribution is -2.45. The van der Waals surface area contributed by atoms with E-state index in [-0.39, 0.29) is 5.60 Å². The summed E-state index contributed by atoms with van der Waals surface area (Å²) in [6, 6.07) is 0. The first kappa shape index (κ1) is 19.0. The Labute approximate surface area is 134 Å². The second-order valence-electron chi connectivity index (χ2n) is 8.42. The van der Waals surface area contributed by atoms with E-state index in [4.69, 9.17) is 4.74 Å². The van der Waals surface area contributed by atoms with Gasteiger partial charge in [0, 0.05) is 0 Å². The highest BCUT2D eigenvalue weighted by atomic mass is 16.5. The van der Waals surface area contributed by atoms with Crippen LogP contribution in [0.4, 0.5) is 0 Å². The Kier molecular flexibility index (Phi) is 7.24. The molecule has 0 heterocycles. The van der Waals surface area contributed by atoms with Gasteiger partial charge in [-0.15, -0.1) is 0 Å². The zero-order valence-electron chi connectivity index (χ0n) is 15.8. The van der Waals surface area contributed by atoms with E-state index in [1.807, 2.05) is 0 Å². The van der Waals surface area contributed by atoms with Crippen molar-refractivity contribution in [2.75, 3.05) is 6.61 Å². The molecule has 1 rings (SSSR count). The monoisotopic (exact) mass is 296 g/mol. The van der Waals surface area contributed by atoms with E-state index < -0.39 is 0 Å². The molecule has 1 aliphatic rings. The van der Waals surface area contributed by atoms with Crippen LogP contribution < -0.4 is 0 Å². The van der Waals surface area contributed by atoms with E-state index in [9.17, 15) is 0 Å². The normalized spacial score (nSPS) is 31.1. The van der Waals surface area contributed by atoms with E-state index in [1.165, 1.54) is 44.9 Å². The van der Waals surface area contributed by atoms with Crippen molar-refractivity contribution in [2.45, 2.75) is 99.0 Å². The van der Waals surface area contributed by atoms with E-state index in [0.717, 1.165) is 18.4 Å². The molecule has 126 valence electrons. The van der Waals surface area contributed by atoms with Crippen LogP contribution in [-0.4, -0.2) is 12.2 Å². The van der Waals surface area contributed by atoms with E-state index in [1.54, 1.807) is 0 Å². The van der Waals surface area contributed by atoms with E-state index in [2.05, 4.69) is 48.5 Å². The molecule has 0 aromatic heterocycles. The van der Waals surface area contributed by atoms with Gasteiger partial charge in [-0.1, -0.05) is 74.1 Å². The minimum absolute atomic E-state index is 0.139. The van der Waals surface area contributed by atoms with Crippen molar-refractivity contribution in [1.82, 2.24) is 0 Å². The number of hydrogen-bond acceptors (Lipinski definition) is 1. The molecule has 0 saturated heterocycles. The summed E-state index contributed by atoms with van der Waals surface area (Å²) >= 11 is 0. The molecule has 0 amide bonds. The Balaban J connectivity index is 2.79. The first-order valence-corrected chi connectivity index (χ1v) is 9.43. The molecular weight excluding hydrogens is 256 g/mol. The Morgan fingerprint density at radius 2 is 1.90 bits per heavy atom. The minimum atomic E-state index is 0.139. The van der Waals surface area contributed by atoms with Crippen molar-refractivity contribution in [3.05, 3.63) is 0 Å². The lowest BCUT2D eigenvalue weighted by atomic mass is 9.71. The Hall–Kier alpha value is -0.0400. The highest BCUT2D eigenvalue weighted by Crippen LogP contribution is 2.43. The largest absolute Gasteiger partial charge is 0.374 e. The third-order valence-electron chi connectivity index (χ3n) is 6.36. The summed E-state index contributed by atoms with van der Waals surface area (Å²) in [7, 11) is 0. The van der Waals surface area contributed by atoms with Gasteiger partial charge in [-0.3, -0.25) is 0 Å². The maximum atomic E-state index is 6.74. The molecule has 0 bridgehead atoms. The van der Waals surface area contributed by atoms with Gasteiger partial charge in [0.15, 0.2) is 0 Å². The van der Waals surface area contributed by atoms with Crippen LogP contribution in [0.15, 0.2) is 0 Å². The van der Waals surface area contributed by atoms with Gasteiger partial charge in [0.05, 0.1) is 12.2 Å². The Morgan fingerprint density at radius 1 is 1.24 bits per heavy atom. The molecule has 0 aromatic rings. The van der Waals surface area contributed by atoms with Crippen LogP contribution in [0, 0.1) is 23.2 Å². The first-order chi connectivity index (χ1) is 9.79. The number of rotatable bonds is 8. The van der Waals surface area contributed by atoms with Gasteiger partial charge < -0.3 is 4.74 Å². The molecule has 4 atom stereocenters. The lowest BCUT2D eigenvalue weighted by molar-refractivity contribution is -0.144. The van der Waals surface area contributed by atoms with Crippen molar-refractivity contribution in [2.24, 2.45) is 23.2 Å². The third kappa shape index (κ3) is 4.71. The van der Waals surface area contributed by atoms with Gasteiger partial charge in [-0.25, -0.2) is 0 Å². The van der Waals surface area contributed by atoms with Crippen molar-refractivity contribution in [3.63, 3.8) is 0 Å². The first-order valence-electron chi connectivity index (χ1n) is 9.43. The molecule has 0 N–H and O–H groups in total. The van der Waals surface area contributed by atoms with E-state index in [0.29, 0.717) is 11.3 Å². The van der Waals surface area contributed by atoms with Crippen molar-refractivity contribution >= 4 is 0 Å². The van der Waals surface area contributed by atoms with Crippen molar-refractivity contribution in [1.29, 1.82) is 0 Å². The molecule has 1 saturated carbocycles. The second kappa shape index (κ2) is 7.99. The van der Waals surface area contributed by atoms with Gasteiger partial charge in [-0.2, -0.15) is 0 Å². The van der Waals surface area contributed by atoms with Crippen LogP contribution >= 0.6 is 0 Å². The van der Waals surface area contributed by atoms with Crippen LogP contribution in [0.3, 0.4) is 0 Å². The summed E-state index contributed by atoms with van der Waals surface area (Å²) < 4.78 is 6.74. The van der Waals surface area contributed by atoms with Gasteiger partial charge in [0.25, 0.3) is 0 Å². The van der Waals surface area contributed by atoms with E-state index >= 15 is 0 Å². The predicted molar refractivity (Wildman–Crippen MR) is 93.6 cm³/mol. The Morgan fingerprint density at radius 3 is 2.38 bits per heavy atom. The number of ether oxygens (including phenoxy) is 1. The Bertz CT molecular complexity index is 298. The topological polar surface area (TPSA) is 9.23 Å². The smallest absolute Gasteiger partial charge is 0.0708 e. The maximum Gasteiger partial charge on any atom is 0.0708 e. The number of hydrogen-bond donors (Lipinski definition) is 0. The predicted octanol–water partition coefficient (Wildman–Crippen LogP) is 6.46.